The molecule has 0 fully saturated rings. The number of anilines is 1. The van der Waals surface area contributed by atoms with E-state index in [0.29, 0.717) is 18.8 Å². The lowest BCUT2D eigenvalue weighted by Crippen LogP contribution is -2.29. The summed E-state index contributed by atoms with van der Waals surface area (Å²) in [5.41, 5.74) is -0.0362. The molecular weight excluding hydrogens is 273 g/mol. The molecule has 0 saturated carbocycles. The van der Waals surface area contributed by atoms with Gasteiger partial charge in [0.2, 0.25) is 0 Å². The van der Waals surface area contributed by atoms with Crippen LogP contribution in [0, 0.1) is 5.82 Å². The largest absolute Gasteiger partial charge is 0.368 e. The van der Waals surface area contributed by atoms with Crippen LogP contribution in [0.5, 0.6) is 0 Å². The standard InChI is InChI=1S/C14H18FN5O/c1-3-10(12-18-7-8-19-12)20-14(21)9-5-6-17-13(11(9)15)16-4-2/h5-8,10H,3-4H2,1-2H3,(H,16,17)(H,18,19)(H,20,21). The van der Waals surface area contributed by atoms with E-state index in [1.807, 2.05) is 13.8 Å². The first-order valence-electron chi connectivity index (χ1n) is 6.85. The summed E-state index contributed by atoms with van der Waals surface area (Å²) in [6, 6.07) is 1.07. The molecule has 0 saturated heterocycles. The number of imidazole rings is 1. The topological polar surface area (TPSA) is 82.7 Å². The molecule has 2 aromatic heterocycles. The number of hydrogen-bond donors (Lipinski definition) is 3. The van der Waals surface area contributed by atoms with Crippen LogP contribution < -0.4 is 10.6 Å². The van der Waals surface area contributed by atoms with Gasteiger partial charge in [0.1, 0.15) is 5.82 Å². The number of aromatic amines is 1. The zero-order valence-electron chi connectivity index (χ0n) is 12.0. The molecule has 21 heavy (non-hydrogen) atoms. The molecule has 1 unspecified atom stereocenters. The van der Waals surface area contributed by atoms with E-state index in [1.54, 1.807) is 12.4 Å². The van der Waals surface area contributed by atoms with Crippen LogP contribution in [0.15, 0.2) is 24.7 Å². The molecule has 0 aliphatic rings. The van der Waals surface area contributed by atoms with Gasteiger partial charge in [0.15, 0.2) is 11.6 Å². The third-order valence-corrected chi connectivity index (χ3v) is 3.04. The Labute approximate surface area is 122 Å². The van der Waals surface area contributed by atoms with E-state index in [1.165, 1.54) is 12.3 Å². The fourth-order valence-corrected chi connectivity index (χ4v) is 1.98. The summed E-state index contributed by atoms with van der Waals surface area (Å²) in [6.07, 6.45) is 5.34. The third kappa shape index (κ3) is 3.36. The molecular formula is C14H18FN5O. The summed E-state index contributed by atoms with van der Waals surface area (Å²) in [5, 5.41) is 5.55. The van der Waals surface area contributed by atoms with Crippen molar-refractivity contribution in [2.45, 2.75) is 26.3 Å². The number of nitrogens with zero attached hydrogens (tertiary/aromatic N) is 2. The molecule has 2 aromatic rings. The Morgan fingerprint density at radius 3 is 2.81 bits per heavy atom. The molecule has 2 heterocycles. The highest BCUT2D eigenvalue weighted by molar-refractivity contribution is 5.95. The highest BCUT2D eigenvalue weighted by Crippen LogP contribution is 2.17. The fourth-order valence-electron chi connectivity index (χ4n) is 1.98. The lowest BCUT2D eigenvalue weighted by molar-refractivity contribution is 0.0929. The van der Waals surface area contributed by atoms with Gasteiger partial charge >= 0.3 is 0 Å². The quantitative estimate of drug-likeness (QED) is 0.762. The summed E-state index contributed by atoms with van der Waals surface area (Å²) in [4.78, 5) is 23.2. The Balaban J connectivity index is 2.18. The molecule has 1 amide bonds. The monoisotopic (exact) mass is 291 g/mol. The minimum atomic E-state index is -0.647. The first kappa shape index (κ1) is 15.0. The van der Waals surface area contributed by atoms with E-state index in [-0.39, 0.29) is 17.4 Å². The van der Waals surface area contributed by atoms with E-state index in [2.05, 4.69) is 25.6 Å². The van der Waals surface area contributed by atoms with Crippen LogP contribution in [-0.4, -0.2) is 27.4 Å². The summed E-state index contributed by atoms with van der Waals surface area (Å²) in [5.74, 6) is -0.410. The second-order valence-electron chi connectivity index (χ2n) is 4.46. The Morgan fingerprint density at radius 2 is 2.19 bits per heavy atom. The number of rotatable bonds is 6. The number of H-pyrrole nitrogens is 1. The van der Waals surface area contributed by atoms with Crippen molar-refractivity contribution in [1.29, 1.82) is 0 Å². The highest BCUT2D eigenvalue weighted by atomic mass is 19.1. The number of amides is 1. The van der Waals surface area contributed by atoms with Gasteiger partial charge in [-0.2, -0.15) is 0 Å². The van der Waals surface area contributed by atoms with Crippen LogP contribution in [0.3, 0.4) is 0 Å². The normalized spacial score (nSPS) is 12.0. The zero-order chi connectivity index (χ0) is 15.2. The molecule has 6 nitrogen and oxygen atoms in total. The first-order chi connectivity index (χ1) is 10.2. The van der Waals surface area contributed by atoms with E-state index in [9.17, 15) is 9.18 Å². The number of halogens is 1. The van der Waals surface area contributed by atoms with Crippen molar-refractivity contribution in [2.75, 3.05) is 11.9 Å². The minimum absolute atomic E-state index is 0.0362. The van der Waals surface area contributed by atoms with Crippen molar-refractivity contribution in [2.24, 2.45) is 0 Å². The van der Waals surface area contributed by atoms with Crippen LogP contribution >= 0.6 is 0 Å². The minimum Gasteiger partial charge on any atom is -0.368 e. The second kappa shape index (κ2) is 6.83. The fraction of sp³-hybridized carbons (Fsp3) is 0.357. The predicted molar refractivity (Wildman–Crippen MR) is 77.4 cm³/mol. The van der Waals surface area contributed by atoms with Crippen molar-refractivity contribution in [3.63, 3.8) is 0 Å². The van der Waals surface area contributed by atoms with Crippen LogP contribution in [0.2, 0.25) is 0 Å². The van der Waals surface area contributed by atoms with Crippen LogP contribution in [-0.2, 0) is 0 Å². The smallest absolute Gasteiger partial charge is 0.255 e. The molecule has 7 heteroatoms. The van der Waals surface area contributed by atoms with Crippen LogP contribution in [0.25, 0.3) is 0 Å². The average molecular weight is 291 g/mol. The average Bonchev–Trinajstić information content (AvgIpc) is 3.01. The summed E-state index contributed by atoms with van der Waals surface area (Å²) in [7, 11) is 0. The van der Waals surface area contributed by atoms with Gasteiger partial charge in [-0.25, -0.2) is 14.4 Å². The lowest BCUT2D eigenvalue weighted by atomic mass is 10.1. The molecule has 0 aromatic carbocycles. The number of aromatic nitrogens is 3. The third-order valence-electron chi connectivity index (χ3n) is 3.04. The molecule has 0 spiro atoms. The molecule has 112 valence electrons. The van der Waals surface area contributed by atoms with E-state index < -0.39 is 11.7 Å². The molecule has 2 rings (SSSR count). The highest BCUT2D eigenvalue weighted by Gasteiger charge is 2.20. The number of hydrogen-bond acceptors (Lipinski definition) is 4. The Morgan fingerprint density at radius 1 is 1.38 bits per heavy atom. The van der Waals surface area contributed by atoms with E-state index >= 15 is 0 Å². The van der Waals surface area contributed by atoms with Crippen molar-refractivity contribution in [3.05, 3.63) is 41.9 Å². The van der Waals surface area contributed by atoms with Crippen molar-refractivity contribution >= 4 is 11.7 Å². The summed E-state index contributed by atoms with van der Waals surface area (Å²) >= 11 is 0. The van der Waals surface area contributed by atoms with Crippen molar-refractivity contribution in [1.82, 2.24) is 20.3 Å². The van der Waals surface area contributed by atoms with Crippen LogP contribution in [0.1, 0.15) is 42.5 Å². The van der Waals surface area contributed by atoms with Gasteiger partial charge in [0.25, 0.3) is 5.91 Å². The van der Waals surface area contributed by atoms with Gasteiger partial charge in [-0.15, -0.1) is 0 Å². The van der Waals surface area contributed by atoms with E-state index in [0.717, 1.165) is 0 Å². The lowest BCUT2D eigenvalue weighted by Gasteiger charge is -2.15. The Kier molecular flexibility index (Phi) is 4.86. The molecule has 0 radical (unpaired) electrons. The zero-order valence-corrected chi connectivity index (χ0v) is 12.0. The summed E-state index contributed by atoms with van der Waals surface area (Å²) in [6.45, 7) is 4.28. The second-order valence-corrected chi connectivity index (χ2v) is 4.46. The number of carbonyl (C=O) groups excluding carboxylic acids is 1. The van der Waals surface area contributed by atoms with Gasteiger partial charge in [0.05, 0.1) is 11.6 Å². The maximum atomic E-state index is 14.2. The Bertz CT molecular complexity index is 599. The van der Waals surface area contributed by atoms with Gasteiger partial charge in [-0.1, -0.05) is 6.92 Å². The number of carbonyl (C=O) groups is 1. The van der Waals surface area contributed by atoms with Gasteiger partial charge < -0.3 is 15.6 Å². The van der Waals surface area contributed by atoms with Gasteiger partial charge in [-0.05, 0) is 19.4 Å². The molecule has 0 bridgehead atoms. The first-order valence-corrected chi connectivity index (χ1v) is 6.85. The molecule has 0 aliphatic carbocycles. The van der Waals surface area contributed by atoms with Crippen molar-refractivity contribution < 1.29 is 9.18 Å². The number of pyridine rings is 1. The maximum Gasteiger partial charge on any atom is 0.255 e. The molecule has 3 N–H and O–H groups in total. The summed E-state index contributed by atoms with van der Waals surface area (Å²) < 4.78 is 14.2. The van der Waals surface area contributed by atoms with E-state index in [4.69, 9.17) is 0 Å². The van der Waals surface area contributed by atoms with Crippen LogP contribution in [0.4, 0.5) is 10.2 Å². The van der Waals surface area contributed by atoms with Gasteiger partial charge in [0, 0.05) is 25.1 Å². The van der Waals surface area contributed by atoms with Gasteiger partial charge in [-0.3, -0.25) is 4.79 Å². The Hall–Kier alpha value is -2.44. The number of nitrogens with one attached hydrogen (secondary N) is 3. The maximum absolute atomic E-state index is 14.2. The SMILES string of the molecule is CCNc1nccc(C(=O)NC(CC)c2ncc[nH]2)c1F. The molecule has 0 aliphatic heterocycles. The van der Waals surface area contributed by atoms with Crippen molar-refractivity contribution in [3.8, 4) is 0 Å². The molecule has 1 atom stereocenters. The predicted octanol–water partition coefficient (Wildman–Crippen LogP) is 2.26.